The summed E-state index contributed by atoms with van der Waals surface area (Å²) in [6, 6.07) is 21.0. The minimum Gasteiger partial charge on any atom is -0.493 e. The van der Waals surface area contributed by atoms with E-state index in [4.69, 9.17) is 21.1 Å². The van der Waals surface area contributed by atoms with Crippen LogP contribution >= 0.6 is 11.6 Å². The summed E-state index contributed by atoms with van der Waals surface area (Å²) < 4.78 is 11.2. The van der Waals surface area contributed by atoms with Crippen molar-refractivity contribution >= 4 is 28.4 Å². The molecular weight excluding hydrogens is 424 g/mol. The molecule has 0 fully saturated rings. The van der Waals surface area contributed by atoms with Gasteiger partial charge >= 0.3 is 0 Å². The summed E-state index contributed by atoms with van der Waals surface area (Å²) in [5, 5.41) is 4.71. The van der Waals surface area contributed by atoms with Crippen LogP contribution in [0, 0.1) is 0 Å². The topological polar surface area (TPSA) is 63.3 Å². The Bertz CT molecular complexity index is 1230. The van der Waals surface area contributed by atoms with E-state index in [1.54, 1.807) is 31.4 Å². The molecule has 0 radical (unpaired) electrons. The van der Waals surface area contributed by atoms with E-state index in [0.29, 0.717) is 35.2 Å². The van der Waals surface area contributed by atoms with Gasteiger partial charge < -0.3 is 19.8 Å². The first-order valence-electron chi connectivity index (χ1n) is 10.5. The summed E-state index contributed by atoms with van der Waals surface area (Å²) in [4.78, 5) is 16.1. The fourth-order valence-electron chi connectivity index (χ4n) is 3.89. The second-order valence-corrected chi connectivity index (χ2v) is 7.84. The van der Waals surface area contributed by atoms with Gasteiger partial charge in [-0.1, -0.05) is 41.9 Å². The van der Waals surface area contributed by atoms with Crippen LogP contribution in [0.5, 0.6) is 11.5 Å². The quantitative estimate of drug-likeness (QED) is 0.358. The van der Waals surface area contributed by atoms with Gasteiger partial charge in [-0.3, -0.25) is 4.79 Å². The highest BCUT2D eigenvalue weighted by Gasteiger charge is 2.21. The lowest BCUT2D eigenvalue weighted by atomic mass is 9.90. The Morgan fingerprint density at radius 3 is 2.69 bits per heavy atom. The lowest BCUT2D eigenvalue weighted by Crippen LogP contribution is -2.29. The molecule has 3 aromatic carbocycles. The van der Waals surface area contributed by atoms with Crippen LogP contribution in [0.4, 0.5) is 0 Å². The molecule has 0 aliphatic rings. The minimum absolute atomic E-state index is 0.0983. The van der Waals surface area contributed by atoms with Crippen molar-refractivity contribution in [3.8, 4) is 11.5 Å². The first kappa shape index (κ1) is 21.8. The molecule has 1 amide bonds. The van der Waals surface area contributed by atoms with E-state index in [9.17, 15) is 4.79 Å². The molecule has 0 bridgehead atoms. The van der Waals surface area contributed by atoms with Crippen molar-refractivity contribution < 1.29 is 14.3 Å². The summed E-state index contributed by atoms with van der Waals surface area (Å²) in [5.74, 6) is 1.09. The first-order valence-corrected chi connectivity index (χ1v) is 10.9. The Morgan fingerprint density at radius 1 is 1.06 bits per heavy atom. The SMILES string of the molecule is CCOc1ccc([C@H](CNC(=O)c2cccc(Cl)c2)c2c[nH]c3ccccc23)cc1OC. The second-order valence-electron chi connectivity index (χ2n) is 7.41. The molecule has 5 nitrogen and oxygen atoms in total. The predicted octanol–water partition coefficient (Wildman–Crippen LogP) is 5.79. The number of amides is 1. The van der Waals surface area contributed by atoms with Crippen molar-refractivity contribution in [3.05, 3.63) is 94.6 Å². The van der Waals surface area contributed by atoms with Gasteiger partial charge in [0, 0.05) is 40.1 Å². The highest BCUT2D eigenvalue weighted by Crippen LogP contribution is 2.36. The van der Waals surface area contributed by atoms with Gasteiger partial charge in [0.05, 0.1) is 13.7 Å². The van der Waals surface area contributed by atoms with Crippen molar-refractivity contribution in [3.63, 3.8) is 0 Å². The van der Waals surface area contributed by atoms with Gasteiger partial charge in [-0.05, 0) is 54.4 Å². The molecule has 1 aromatic heterocycles. The van der Waals surface area contributed by atoms with Gasteiger partial charge in [0.15, 0.2) is 11.5 Å². The fourth-order valence-corrected chi connectivity index (χ4v) is 4.08. The third-order valence-corrected chi connectivity index (χ3v) is 5.68. The van der Waals surface area contributed by atoms with Gasteiger partial charge in [0.2, 0.25) is 0 Å². The van der Waals surface area contributed by atoms with Crippen molar-refractivity contribution in [2.45, 2.75) is 12.8 Å². The van der Waals surface area contributed by atoms with Gasteiger partial charge in [0.1, 0.15) is 0 Å². The minimum atomic E-state index is -0.171. The lowest BCUT2D eigenvalue weighted by molar-refractivity contribution is 0.0952. The van der Waals surface area contributed by atoms with Crippen molar-refractivity contribution in [2.24, 2.45) is 0 Å². The van der Waals surface area contributed by atoms with Crippen molar-refractivity contribution in [1.82, 2.24) is 10.3 Å². The molecule has 0 saturated carbocycles. The molecule has 164 valence electrons. The monoisotopic (exact) mass is 448 g/mol. The molecule has 1 heterocycles. The van der Waals surface area contributed by atoms with Gasteiger partial charge in [-0.25, -0.2) is 0 Å². The number of nitrogens with one attached hydrogen (secondary N) is 2. The molecule has 4 aromatic rings. The number of aromatic nitrogens is 1. The molecule has 0 unspecified atom stereocenters. The zero-order valence-corrected chi connectivity index (χ0v) is 18.8. The molecule has 4 rings (SSSR count). The number of hydrogen-bond acceptors (Lipinski definition) is 3. The van der Waals surface area contributed by atoms with Gasteiger partial charge in [0.25, 0.3) is 5.91 Å². The molecule has 0 aliphatic heterocycles. The zero-order chi connectivity index (χ0) is 22.5. The number of carbonyl (C=O) groups is 1. The highest BCUT2D eigenvalue weighted by molar-refractivity contribution is 6.30. The normalized spacial score (nSPS) is 11.8. The smallest absolute Gasteiger partial charge is 0.251 e. The Hall–Kier alpha value is -3.44. The zero-order valence-electron chi connectivity index (χ0n) is 18.0. The number of halogens is 1. The van der Waals surface area contributed by atoms with E-state index < -0.39 is 0 Å². The number of fused-ring (bicyclic) bond motifs is 1. The fraction of sp³-hybridized carbons (Fsp3) is 0.192. The Labute approximate surface area is 192 Å². The lowest BCUT2D eigenvalue weighted by Gasteiger charge is -2.20. The Kier molecular flexibility index (Phi) is 6.66. The van der Waals surface area contributed by atoms with Crippen LogP contribution in [0.1, 0.15) is 34.3 Å². The first-order chi connectivity index (χ1) is 15.6. The Balaban J connectivity index is 1.70. The maximum absolute atomic E-state index is 12.8. The number of rotatable bonds is 8. The van der Waals surface area contributed by atoms with Crippen LogP contribution in [-0.2, 0) is 0 Å². The third-order valence-electron chi connectivity index (χ3n) is 5.44. The van der Waals surface area contributed by atoms with E-state index in [0.717, 1.165) is 22.0 Å². The van der Waals surface area contributed by atoms with E-state index in [1.807, 2.05) is 49.5 Å². The highest BCUT2D eigenvalue weighted by atomic mass is 35.5. The van der Waals surface area contributed by atoms with Crippen LogP contribution < -0.4 is 14.8 Å². The number of carbonyl (C=O) groups excluding carboxylic acids is 1. The molecular formula is C26H25ClN2O3. The number of aromatic amines is 1. The maximum atomic E-state index is 12.8. The summed E-state index contributed by atoms with van der Waals surface area (Å²) in [6.45, 7) is 2.90. The Morgan fingerprint density at radius 2 is 1.91 bits per heavy atom. The average molecular weight is 449 g/mol. The number of methoxy groups -OCH3 is 1. The van der Waals surface area contributed by atoms with Crippen molar-refractivity contribution in [2.75, 3.05) is 20.3 Å². The number of para-hydroxylation sites is 1. The van der Waals surface area contributed by atoms with Gasteiger partial charge in [-0.15, -0.1) is 0 Å². The van der Waals surface area contributed by atoms with Crippen LogP contribution in [0.3, 0.4) is 0 Å². The molecule has 2 N–H and O–H groups in total. The summed E-state index contributed by atoms with van der Waals surface area (Å²) in [6.07, 6.45) is 2.00. The van der Waals surface area contributed by atoms with Crippen LogP contribution in [0.25, 0.3) is 10.9 Å². The standard InChI is InChI=1S/C26H25ClN2O3/c1-3-32-24-12-11-17(14-25(24)31-2)21(22-16-28-23-10-5-4-9-20(22)23)15-29-26(30)18-7-6-8-19(27)13-18/h4-14,16,21,28H,3,15H2,1-2H3,(H,29,30)/t21-/m0/s1. The summed E-state index contributed by atoms with van der Waals surface area (Å²) in [7, 11) is 1.63. The average Bonchev–Trinajstić information content (AvgIpc) is 3.24. The summed E-state index contributed by atoms with van der Waals surface area (Å²) >= 11 is 6.06. The molecule has 0 saturated heterocycles. The molecule has 0 aliphatic carbocycles. The van der Waals surface area contributed by atoms with Gasteiger partial charge in [-0.2, -0.15) is 0 Å². The van der Waals surface area contributed by atoms with Crippen molar-refractivity contribution in [1.29, 1.82) is 0 Å². The number of H-pyrrole nitrogens is 1. The molecule has 0 spiro atoms. The number of benzene rings is 3. The predicted molar refractivity (Wildman–Crippen MR) is 128 cm³/mol. The van der Waals surface area contributed by atoms with Crippen LogP contribution in [-0.4, -0.2) is 31.2 Å². The number of hydrogen-bond donors (Lipinski definition) is 2. The molecule has 6 heteroatoms. The van der Waals surface area contributed by atoms with E-state index in [-0.39, 0.29) is 11.8 Å². The third kappa shape index (κ3) is 4.58. The van der Waals surface area contributed by atoms with Crippen LogP contribution in [0.2, 0.25) is 5.02 Å². The largest absolute Gasteiger partial charge is 0.493 e. The van der Waals surface area contributed by atoms with E-state index in [2.05, 4.69) is 16.4 Å². The summed E-state index contributed by atoms with van der Waals surface area (Å²) in [5.41, 5.74) is 3.69. The molecule has 32 heavy (non-hydrogen) atoms. The maximum Gasteiger partial charge on any atom is 0.251 e. The molecule has 1 atom stereocenters. The number of ether oxygens (including phenoxy) is 2. The van der Waals surface area contributed by atoms with E-state index >= 15 is 0 Å². The second kappa shape index (κ2) is 9.79. The van der Waals surface area contributed by atoms with E-state index in [1.165, 1.54) is 0 Å². The van der Waals surface area contributed by atoms with Crippen LogP contribution in [0.15, 0.2) is 72.9 Å².